The summed E-state index contributed by atoms with van der Waals surface area (Å²) in [6, 6.07) is 21.2. The van der Waals surface area contributed by atoms with E-state index in [4.69, 9.17) is 23.7 Å². The van der Waals surface area contributed by atoms with Crippen molar-refractivity contribution in [3.8, 4) is 16.9 Å². The van der Waals surface area contributed by atoms with Gasteiger partial charge in [0.25, 0.3) is 0 Å². The van der Waals surface area contributed by atoms with E-state index in [1.54, 1.807) is 27.4 Å². The molecule has 0 fully saturated rings. The molecule has 3 aromatic rings. The SMILES string of the molecule is COC1=CC2=CCC(NC(=O)OCCC3c4ccccc4-c4ccccc43)c3cc(=O)c(OC)ccc3C2=C(OC)C1OC. The van der Waals surface area contributed by atoms with Gasteiger partial charge in [-0.1, -0.05) is 60.7 Å². The predicted octanol–water partition coefficient (Wildman–Crippen LogP) is 6.27. The average Bonchev–Trinajstić information content (AvgIpc) is 3.16. The number of hydrogen-bond acceptors (Lipinski definition) is 7. The predicted molar refractivity (Wildman–Crippen MR) is 167 cm³/mol. The Balaban J connectivity index is 1.28. The Kier molecular flexibility index (Phi) is 8.26. The van der Waals surface area contributed by atoms with Gasteiger partial charge in [-0.05, 0) is 70.0 Å². The Hall–Kier alpha value is -4.82. The second-order valence-corrected chi connectivity index (χ2v) is 10.8. The number of methoxy groups -OCH3 is 4. The minimum atomic E-state index is -0.579. The lowest BCUT2D eigenvalue weighted by Gasteiger charge is -2.28. The Labute approximate surface area is 256 Å². The highest BCUT2D eigenvalue weighted by Gasteiger charge is 2.35. The number of ether oxygens (including phenoxy) is 5. The van der Waals surface area contributed by atoms with Gasteiger partial charge in [-0.15, -0.1) is 0 Å². The fourth-order valence-corrected chi connectivity index (χ4v) is 6.60. The third-order valence-electron chi connectivity index (χ3n) is 8.60. The van der Waals surface area contributed by atoms with Gasteiger partial charge in [0, 0.05) is 18.6 Å². The number of nitrogens with one attached hydrogen (secondary N) is 1. The number of amides is 1. The second kappa shape index (κ2) is 12.4. The summed E-state index contributed by atoms with van der Waals surface area (Å²) < 4.78 is 28.3. The number of fused-ring (bicyclic) bond motifs is 6. The van der Waals surface area contributed by atoms with E-state index in [9.17, 15) is 9.59 Å². The van der Waals surface area contributed by atoms with Crippen LogP contribution in [0.1, 0.15) is 47.1 Å². The molecular weight excluding hydrogens is 558 g/mol. The highest BCUT2D eigenvalue weighted by molar-refractivity contribution is 5.88. The van der Waals surface area contributed by atoms with Crippen molar-refractivity contribution in [2.75, 3.05) is 35.0 Å². The van der Waals surface area contributed by atoms with E-state index in [0.717, 1.165) is 11.1 Å². The van der Waals surface area contributed by atoms with Crippen LogP contribution in [-0.4, -0.2) is 47.2 Å². The fourth-order valence-electron chi connectivity index (χ4n) is 6.60. The standard InChI is InChI=1S/C36H35NO7/c1-40-31-16-14-27-28(20-30(31)38)29(15-13-21-19-32(41-2)34(42-3)35(43-4)33(21)27)37-36(39)44-18-17-26-24-11-7-5-9-22(24)23-10-6-8-12-25(23)26/h5-14,16,19-20,26,29,34H,15,17-18H2,1-4H3,(H,37,39). The van der Waals surface area contributed by atoms with E-state index in [0.29, 0.717) is 35.5 Å². The van der Waals surface area contributed by atoms with E-state index in [1.807, 2.05) is 42.5 Å². The van der Waals surface area contributed by atoms with Gasteiger partial charge in [0.15, 0.2) is 11.9 Å². The summed E-state index contributed by atoms with van der Waals surface area (Å²) in [5.41, 5.74) is 7.56. The number of hydrogen-bond donors (Lipinski definition) is 1. The van der Waals surface area contributed by atoms with Crippen LogP contribution in [0.5, 0.6) is 5.75 Å². The lowest BCUT2D eigenvalue weighted by atomic mass is 9.88. The van der Waals surface area contributed by atoms with Crippen LogP contribution in [-0.2, 0) is 18.9 Å². The van der Waals surface area contributed by atoms with E-state index in [-0.39, 0.29) is 23.7 Å². The van der Waals surface area contributed by atoms with Crippen molar-refractivity contribution in [2.45, 2.75) is 30.9 Å². The minimum Gasteiger partial charge on any atom is -0.498 e. The van der Waals surface area contributed by atoms with Crippen molar-refractivity contribution in [3.63, 3.8) is 0 Å². The average molecular weight is 594 g/mol. The van der Waals surface area contributed by atoms with E-state index in [1.165, 1.54) is 35.4 Å². The van der Waals surface area contributed by atoms with Crippen LogP contribution >= 0.6 is 0 Å². The first-order valence-corrected chi connectivity index (χ1v) is 14.6. The first-order chi connectivity index (χ1) is 21.5. The molecule has 8 heteroatoms. The summed E-state index contributed by atoms with van der Waals surface area (Å²) in [4.78, 5) is 26.4. The van der Waals surface area contributed by atoms with Crippen molar-refractivity contribution in [2.24, 2.45) is 0 Å². The molecule has 0 bridgehead atoms. The summed E-state index contributed by atoms with van der Waals surface area (Å²) in [5, 5.41) is 3.02. The Morgan fingerprint density at radius 3 is 2.18 bits per heavy atom. The number of benzene rings is 2. The zero-order chi connectivity index (χ0) is 30.8. The summed E-state index contributed by atoms with van der Waals surface area (Å²) in [7, 11) is 6.19. The number of allylic oxidation sites excluding steroid dienone is 3. The molecule has 0 aromatic heterocycles. The van der Waals surface area contributed by atoms with Gasteiger partial charge in [-0.25, -0.2) is 4.79 Å². The van der Waals surface area contributed by atoms with Gasteiger partial charge in [0.05, 0.1) is 34.0 Å². The third-order valence-corrected chi connectivity index (χ3v) is 8.60. The molecule has 0 saturated carbocycles. The van der Waals surface area contributed by atoms with Gasteiger partial charge in [-0.3, -0.25) is 4.79 Å². The van der Waals surface area contributed by atoms with E-state index in [2.05, 4.69) is 29.6 Å². The fraction of sp³-hybridized carbons (Fsp3) is 0.278. The molecule has 1 N–H and O–H groups in total. The quantitative estimate of drug-likeness (QED) is 0.329. The summed E-state index contributed by atoms with van der Waals surface area (Å²) in [5.74, 6) is 1.46. The molecule has 0 radical (unpaired) electrons. The molecule has 1 amide bonds. The monoisotopic (exact) mass is 593 g/mol. The minimum absolute atomic E-state index is 0.145. The number of carbonyl (C=O) groups is 1. The highest BCUT2D eigenvalue weighted by atomic mass is 16.6. The van der Waals surface area contributed by atoms with Crippen LogP contribution in [0.15, 0.2) is 101 Å². The smallest absolute Gasteiger partial charge is 0.407 e. The number of carbonyl (C=O) groups excluding carboxylic acids is 1. The summed E-state index contributed by atoms with van der Waals surface area (Å²) >= 11 is 0. The van der Waals surface area contributed by atoms with Gasteiger partial charge in [0.2, 0.25) is 5.43 Å². The second-order valence-electron chi connectivity index (χ2n) is 10.8. The molecule has 3 aromatic carbocycles. The molecule has 3 aliphatic carbocycles. The molecule has 8 nitrogen and oxygen atoms in total. The van der Waals surface area contributed by atoms with Crippen LogP contribution in [0.25, 0.3) is 16.7 Å². The Morgan fingerprint density at radius 1 is 0.841 bits per heavy atom. The van der Waals surface area contributed by atoms with Crippen molar-refractivity contribution < 1.29 is 28.5 Å². The highest BCUT2D eigenvalue weighted by Crippen LogP contribution is 2.46. The van der Waals surface area contributed by atoms with Gasteiger partial charge >= 0.3 is 6.09 Å². The van der Waals surface area contributed by atoms with Crippen LogP contribution in [0.3, 0.4) is 0 Å². The van der Waals surface area contributed by atoms with E-state index >= 15 is 0 Å². The molecule has 3 aliphatic rings. The maximum absolute atomic E-state index is 13.3. The zero-order valence-corrected chi connectivity index (χ0v) is 25.2. The van der Waals surface area contributed by atoms with Crippen LogP contribution < -0.4 is 15.5 Å². The topological polar surface area (TPSA) is 92.3 Å². The van der Waals surface area contributed by atoms with Crippen LogP contribution in [0.2, 0.25) is 0 Å². The molecule has 44 heavy (non-hydrogen) atoms. The van der Waals surface area contributed by atoms with E-state index < -0.39 is 18.2 Å². The van der Waals surface area contributed by atoms with Gasteiger partial charge < -0.3 is 29.0 Å². The summed E-state index contributed by atoms with van der Waals surface area (Å²) in [6.07, 6.45) is 3.81. The number of alkyl carbamates (subject to hydrolysis) is 1. The normalized spacial score (nSPS) is 18.5. The summed E-state index contributed by atoms with van der Waals surface area (Å²) in [6.45, 7) is 0.234. The van der Waals surface area contributed by atoms with Crippen molar-refractivity contribution in [3.05, 3.63) is 128 Å². The van der Waals surface area contributed by atoms with Crippen molar-refractivity contribution in [1.29, 1.82) is 0 Å². The third kappa shape index (κ3) is 5.15. The first-order valence-electron chi connectivity index (χ1n) is 14.6. The lowest BCUT2D eigenvalue weighted by molar-refractivity contribution is 0.0615. The Morgan fingerprint density at radius 2 is 1.55 bits per heavy atom. The van der Waals surface area contributed by atoms with Crippen LogP contribution in [0.4, 0.5) is 4.79 Å². The molecule has 0 saturated heterocycles. The van der Waals surface area contributed by atoms with Crippen molar-refractivity contribution >= 4 is 11.7 Å². The molecule has 2 unspecified atom stereocenters. The lowest BCUT2D eigenvalue weighted by Crippen LogP contribution is -2.30. The zero-order valence-electron chi connectivity index (χ0n) is 25.2. The Bertz CT molecular complexity index is 1710. The maximum atomic E-state index is 13.3. The largest absolute Gasteiger partial charge is 0.498 e. The molecule has 6 rings (SSSR count). The van der Waals surface area contributed by atoms with Gasteiger partial charge in [0.1, 0.15) is 11.5 Å². The molecular formula is C36H35NO7. The molecule has 2 atom stereocenters. The molecule has 0 heterocycles. The first kappa shape index (κ1) is 29.3. The maximum Gasteiger partial charge on any atom is 0.407 e. The molecule has 226 valence electrons. The van der Waals surface area contributed by atoms with Crippen LogP contribution in [0, 0.1) is 0 Å². The molecule has 0 aliphatic heterocycles. The molecule has 0 spiro atoms. The van der Waals surface area contributed by atoms with Crippen molar-refractivity contribution in [1.82, 2.24) is 5.32 Å². The van der Waals surface area contributed by atoms with Gasteiger partial charge in [-0.2, -0.15) is 0 Å². The number of rotatable bonds is 8.